The van der Waals surface area contributed by atoms with Gasteiger partial charge in [-0.15, -0.1) is 0 Å². The molecule has 1 saturated heterocycles. The van der Waals surface area contributed by atoms with Crippen molar-refractivity contribution in [1.82, 2.24) is 15.5 Å². The van der Waals surface area contributed by atoms with E-state index < -0.39 is 22.8 Å². The highest BCUT2D eigenvalue weighted by atomic mass is 35.5. The predicted octanol–water partition coefficient (Wildman–Crippen LogP) is 5.90. The zero-order valence-corrected chi connectivity index (χ0v) is 27.9. The summed E-state index contributed by atoms with van der Waals surface area (Å²) in [7, 11) is 1.50. The molecule has 0 bridgehead atoms. The van der Waals surface area contributed by atoms with Crippen LogP contribution in [0.3, 0.4) is 0 Å². The first-order valence-electron chi connectivity index (χ1n) is 16.2. The quantitative estimate of drug-likeness (QED) is 0.314. The van der Waals surface area contributed by atoms with Gasteiger partial charge in [0.2, 0.25) is 11.8 Å². The van der Waals surface area contributed by atoms with E-state index in [0.717, 1.165) is 37.3 Å². The highest BCUT2D eigenvalue weighted by molar-refractivity contribution is 6.30. The molecule has 46 heavy (non-hydrogen) atoms. The summed E-state index contributed by atoms with van der Waals surface area (Å²) in [5.74, 6) is -0.249. The SMILES string of the molecule is COc1ccc2oc(C(=O)N[C@H](Cc3ccc(Cl)cc3)C(=O)N3CCC(C(=O)NC(C)(C)C)(C4CCCCC4)CC3)cc(=O)c2c1. The molecule has 0 radical (unpaired) electrons. The van der Waals surface area contributed by atoms with Gasteiger partial charge in [0.25, 0.3) is 5.91 Å². The number of methoxy groups -OCH3 is 1. The van der Waals surface area contributed by atoms with Crippen molar-refractivity contribution in [2.24, 2.45) is 11.3 Å². The first-order chi connectivity index (χ1) is 21.9. The highest BCUT2D eigenvalue weighted by Crippen LogP contribution is 2.46. The Bertz CT molecular complexity index is 1630. The number of carbonyl (C=O) groups excluding carboxylic acids is 3. The lowest BCUT2D eigenvalue weighted by Crippen LogP contribution is -2.59. The molecule has 3 amide bonds. The Morgan fingerprint density at radius 2 is 1.70 bits per heavy atom. The van der Waals surface area contributed by atoms with Gasteiger partial charge < -0.3 is 24.7 Å². The Morgan fingerprint density at radius 3 is 2.33 bits per heavy atom. The first kappa shape index (κ1) is 33.5. The van der Waals surface area contributed by atoms with Crippen LogP contribution in [0.15, 0.2) is 57.7 Å². The number of halogens is 1. The van der Waals surface area contributed by atoms with E-state index in [4.69, 9.17) is 20.8 Å². The van der Waals surface area contributed by atoms with Gasteiger partial charge in [-0.2, -0.15) is 0 Å². The van der Waals surface area contributed by atoms with Gasteiger partial charge in [-0.05, 0) is 88.3 Å². The zero-order valence-electron chi connectivity index (χ0n) is 27.1. The molecule has 3 aromatic rings. The molecular weight excluding hydrogens is 606 g/mol. The van der Waals surface area contributed by atoms with Crippen LogP contribution in [0.25, 0.3) is 11.0 Å². The van der Waals surface area contributed by atoms with Crippen LogP contribution >= 0.6 is 11.6 Å². The van der Waals surface area contributed by atoms with Gasteiger partial charge in [0.15, 0.2) is 11.2 Å². The third-order valence-electron chi connectivity index (χ3n) is 9.41. The maximum atomic E-state index is 14.2. The Hall–Kier alpha value is -3.85. The van der Waals surface area contributed by atoms with Crippen LogP contribution in [0, 0.1) is 11.3 Å². The monoisotopic (exact) mass is 649 g/mol. The molecule has 2 N–H and O–H groups in total. The molecule has 2 aliphatic rings. The smallest absolute Gasteiger partial charge is 0.287 e. The topological polar surface area (TPSA) is 118 Å². The standard InChI is InChI=1S/C36H44ClN3O6/c1-35(2,3)39-34(44)36(24-8-6-5-7-9-24)16-18-40(19-17-36)33(43)28(20-23-10-12-25(37)13-11-23)38-32(42)31-22-29(41)27-21-26(45-4)14-15-30(27)46-31/h10-15,21-22,24,28H,5-9,16-20H2,1-4H3,(H,38,42)(H,39,44)/t28-/m1/s1. The predicted molar refractivity (Wildman–Crippen MR) is 178 cm³/mol. The highest BCUT2D eigenvalue weighted by Gasteiger charge is 2.49. The molecule has 1 saturated carbocycles. The van der Waals surface area contributed by atoms with Gasteiger partial charge in [-0.3, -0.25) is 19.2 Å². The fourth-order valence-corrected chi connectivity index (χ4v) is 7.07. The molecule has 1 atom stereocenters. The van der Waals surface area contributed by atoms with Crippen molar-refractivity contribution in [2.75, 3.05) is 20.2 Å². The summed E-state index contributed by atoms with van der Waals surface area (Å²) < 4.78 is 11.0. The molecule has 1 aromatic heterocycles. The minimum Gasteiger partial charge on any atom is -0.497 e. The Kier molecular flexibility index (Phi) is 10.1. The van der Waals surface area contributed by atoms with E-state index in [1.165, 1.54) is 13.5 Å². The third kappa shape index (κ3) is 7.57. The van der Waals surface area contributed by atoms with Crippen molar-refractivity contribution in [3.05, 3.63) is 75.1 Å². The number of amides is 3. The molecule has 9 nitrogen and oxygen atoms in total. The summed E-state index contributed by atoms with van der Waals surface area (Å²) in [5, 5.41) is 6.94. The number of carbonyl (C=O) groups is 3. The molecule has 2 aromatic carbocycles. The average Bonchev–Trinajstić information content (AvgIpc) is 3.04. The second kappa shape index (κ2) is 13.9. The Morgan fingerprint density at radius 1 is 1.02 bits per heavy atom. The first-order valence-corrected chi connectivity index (χ1v) is 16.5. The second-order valence-corrected chi connectivity index (χ2v) is 14.2. The number of fused-ring (bicyclic) bond motifs is 1. The van der Waals surface area contributed by atoms with Gasteiger partial charge in [0, 0.05) is 36.1 Å². The Balaban J connectivity index is 1.38. The lowest BCUT2D eigenvalue weighted by Gasteiger charge is -2.48. The van der Waals surface area contributed by atoms with Crippen LogP contribution in [-0.2, 0) is 16.0 Å². The van der Waals surface area contributed by atoms with Crippen molar-refractivity contribution in [2.45, 2.75) is 83.7 Å². The third-order valence-corrected chi connectivity index (χ3v) is 9.66. The van der Waals surface area contributed by atoms with Gasteiger partial charge in [-0.25, -0.2) is 0 Å². The van der Waals surface area contributed by atoms with Crippen LogP contribution in [0.5, 0.6) is 5.75 Å². The van der Waals surface area contributed by atoms with E-state index in [0.29, 0.717) is 36.7 Å². The van der Waals surface area contributed by atoms with Gasteiger partial charge in [0.05, 0.1) is 17.9 Å². The lowest BCUT2D eigenvalue weighted by molar-refractivity contribution is -0.147. The fourth-order valence-electron chi connectivity index (χ4n) is 6.95. The number of nitrogens with one attached hydrogen (secondary N) is 2. The molecule has 1 aliphatic carbocycles. The van der Waals surface area contributed by atoms with Gasteiger partial charge in [0.1, 0.15) is 17.4 Å². The number of benzene rings is 2. The van der Waals surface area contributed by atoms with E-state index >= 15 is 0 Å². The molecule has 10 heteroatoms. The molecule has 0 spiro atoms. The molecule has 1 aliphatic heterocycles. The van der Waals surface area contributed by atoms with Crippen LogP contribution < -0.4 is 20.8 Å². The van der Waals surface area contributed by atoms with Gasteiger partial charge >= 0.3 is 0 Å². The van der Waals surface area contributed by atoms with E-state index in [1.54, 1.807) is 35.2 Å². The summed E-state index contributed by atoms with van der Waals surface area (Å²) in [4.78, 5) is 56.2. The average molecular weight is 650 g/mol. The number of nitrogens with zero attached hydrogens (tertiary/aromatic N) is 1. The van der Waals surface area contributed by atoms with Crippen LogP contribution in [0.4, 0.5) is 0 Å². The minimum atomic E-state index is -0.934. The normalized spacial score (nSPS) is 17.7. The maximum absolute atomic E-state index is 14.2. The van der Waals surface area contributed by atoms with Crippen LogP contribution in [-0.4, -0.2) is 54.4 Å². The van der Waals surface area contributed by atoms with E-state index in [9.17, 15) is 19.2 Å². The maximum Gasteiger partial charge on any atom is 0.287 e. The van der Waals surface area contributed by atoms with Crippen LogP contribution in [0.1, 0.15) is 81.8 Å². The Labute approximate surface area is 275 Å². The molecule has 246 valence electrons. The zero-order chi connectivity index (χ0) is 33.1. The van der Waals surface area contributed by atoms with E-state index in [1.807, 2.05) is 32.9 Å². The summed E-state index contributed by atoms with van der Waals surface area (Å²) >= 11 is 6.11. The van der Waals surface area contributed by atoms with Crippen molar-refractivity contribution < 1.29 is 23.5 Å². The van der Waals surface area contributed by atoms with Crippen molar-refractivity contribution >= 4 is 40.3 Å². The summed E-state index contributed by atoms with van der Waals surface area (Å²) in [6, 6.07) is 12.1. The molecular formula is C36H44ClN3O6. The second-order valence-electron chi connectivity index (χ2n) is 13.7. The number of likely N-dealkylation sites (tertiary alicyclic amines) is 1. The lowest BCUT2D eigenvalue weighted by atomic mass is 9.63. The summed E-state index contributed by atoms with van der Waals surface area (Å²) in [6.07, 6.45) is 6.80. The number of hydrogen-bond acceptors (Lipinski definition) is 6. The van der Waals surface area contributed by atoms with Gasteiger partial charge in [-0.1, -0.05) is 43.0 Å². The number of piperidine rings is 1. The molecule has 2 heterocycles. The molecule has 0 unspecified atom stereocenters. The fraction of sp³-hybridized carbons (Fsp3) is 0.500. The van der Waals surface area contributed by atoms with E-state index in [2.05, 4.69) is 10.6 Å². The van der Waals surface area contributed by atoms with Crippen molar-refractivity contribution in [1.29, 1.82) is 0 Å². The van der Waals surface area contributed by atoms with Crippen LogP contribution in [0.2, 0.25) is 5.02 Å². The summed E-state index contributed by atoms with van der Waals surface area (Å²) in [6.45, 7) is 6.81. The van der Waals surface area contributed by atoms with Crippen molar-refractivity contribution in [3.63, 3.8) is 0 Å². The van der Waals surface area contributed by atoms with E-state index in [-0.39, 0.29) is 46.4 Å². The number of rotatable bonds is 8. The number of hydrogen-bond donors (Lipinski definition) is 2. The molecule has 5 rings (SSSR count). The van der Waals surface area contributed by atoms with Crippen molar-refractivity contribution in [3.8, 4) is 5.75 Å². The largest absolute Gasteiger partial charge is 0.497 e. The molecule has 2 fully saturated rings. The number of ether oxygens (including phenoxy) is 1. The minimum absolute atomic E-state index is 0.0777. The summed E-state index contributed by atoms with van der Waals surface area (Å²) in [5.41, 5.74) is -0.231.